The largest absolute Gasteiger partial charge is 0.446 e. The topological polar surface area (TPSA) is 15.5 Å². The minimum absolute atomic E-state index is 0.337. The van der Waals surface area contributed by atoms with E-state index in [0.29, 0.717) is 6.10 Å². The minimum Gasteiger partial charge on any atom is -0.424 e. The Bertz CT molecular complexity index is 177. The Kier molecular flexibility index (Phi) is 2.37. The van der Waals surface area contributed by atoms with Gasteiger partial charge in [0.1, 0.15) is 12.6 Å². The Labute approximate surface area is 68.3 Å². The number of nitrogens with zero attached hydrogens (tertiary/aromatic N) is 2. The average Bonchev–Trinajstić information content (AvgIpc) is 2.28. The van der Waals surface area contributed by atoms with E-state index in [2.05, 4.69) is 30.4 Å². The van der Waals surface area contributed by atoms with Crippen molar-refractivity contribution in [2.24, 2.45) is 0 Å². The van der Waals surface area contributed by atoms with E-state index >= 15 is 0 Å². The molecule has 0 aromatic heterocycles. The van der Waals surface area contributed by atoms with Gasteiger partial charge in [-0.25, -0.2) is 9.48 Å². The van der Waals surface area contributed by atoms with Gasteiger partial charge in [-0.05, 0) is 13.8 Å². The van der Waals surface area contributed by atoms with Gasteiger partial charge in [-0.2, -0.15) is 0 Å². The quantitative estimate of drug-likeness (QED) is 0.510. The first kappa shape index (κ1) is 8.37. The molecule has 0 aromatic rings. The third-order valence-corrected chi connectivity index (χ3v) is 1.97. The van der Waals surface area contributed by atoms with E-state index in [0.717, 1.165) is 19.1 Å². The fourth-order valence-corrected chi connectivity index (χ4v) is 1.29. The summed E-state index contributed by atoms with van der Waals surface area (Å²) in [6, 6.07) is 1.00. The lowest BCUT2D eigenvalue weighted by molar-refractivity contribution is -0.494. The Hall–Kier alpha value is -0.730. The van der Waals surface area contributed by atoms with E-state index in [1.807, 2.05) is 7.05 Å². The van der Waals surface area contributed by atoms with Gasteiger partial charge in [-0.15, -0.1) is 0 Å². The number of amidine groups is 1. The van der Waals surface area contributed by atoms with E-state index in [1.54, 1.807) is 0 Å². The first-order valence-corrected chi connectivity index (χ1v) is 4.11. The zero-order valence-corrected chi connectivity index (χ0v) is 7.79. The molecule has 0 saturated carbocycles. The summed E-state index contributed by atoms with van der Waals surface area (Å²) in [7, 11) is 4.11. The molecule has 1 atom stereocenters. The molecule has 0 spiro atoms. The Balaban J connectivity index is 2.63. The summed E-state index contributed by atoms with van der Waals surface area (Å²) in [6.07, 6.45) is 0.337. The maximum atomic E-state index is 5.59. The zero-order valence-electron chi connectivity index (χ0n) is 7.79. The van der Waals surface area contributed by atoms with Crippen LogP contribution in [0.1, 0.15) is 13.8 Å². The number of hydrogen-bond donors (Lipinski definition) is 0. The minimum atomic E-state index is 0.337. The number of ether oxygens (including phenoxy) is 1. The van der Waals surface area contributed by atoms with Crippen molar-refractivity contribution in [3.8, 4) is 0 Å². The molecule has 0 N–H and O–H groups in total. The average molecular weight is 157 g/mol. The van der Waals surface area contributed by atoms with Gasteiger partial charge in [-0.3, -0.25) is 0 Å². The van der Waals surface area contributed by atoms with Gasteiger partial charge in [0.05, 0.1) is 20.6 Å². The third-order valence-electron chi connectivity index (χ3n) is 1.97. The van der Waals surface area contributed by atoms with Crippen LogP contribution in [-0.4, -0.2) is 48.8 Å². The summed E-state index contributed by atoms with van der Waals surface area (Å²) >= 11 is 0. The Morgan fingerprint density at radius 3 is 2.73 bits per heavy atom. The second kappa shape index (κ2) is 3.11. The van der Waals surface area contributed by atoms with Crippen molar-refractivity contribution in [3.63, 3.8) is 0 Å². The lowest BCUT2D eigenvalue weighted by atomic mass is 10.4. The highest BCUT2D eigenvalue weighted by molar-refractivity contribution is 5.69. The summed E-state index contributed by atoms with van der Waals surface area (Å²) in [6.45, 7) is 6.20. The molecule has 0 bridgehead atoms. The number of hydrogen-bond acceptors (Lipinski definition) is 2. The molecule has 0 fully saturated rings. The summed E-state index contributed by atoms with van der Waals surface area (Å²) < 4.78 is 7.74. The standard InChI is InChI=1S/C8H17N2O/c1-5-9(3)8-10(4)6-7(2)11-8/h7H,5-6H2,1-4H3/q+1. The van der Waals surface area contributed by atoms with Crippen LogP contribution in [0.5, 0.6) is 0 Å². The van der Waals surface area contributed by atoms with Gasteiger partial charge in [-0.1, -0.05) is 0 Å². The van der Waals surface area contributed by atoms with Crippen molar-refractivity contribution in [1.29, 1.82) is 0 Å². The van der Waals surface area contributed by atoms with Crippen LogP contribution >= 0.6 is 0 Å². The lowest BCUT2D eigenvalue weighted by Gasteiger charge is -2.08. The smallest absolute Gasteiger partial charge is 0.424 e. The zero-order chi connectivity index (χ0) is 8.43. The maximum Gasteiger partial charge on any atom is 0.446 e. The van der Waals surface area contributed by atoms with Crippen molar-refractivity contribution in [2.75, 3.05) is 27.2 Å². The van der Waals surface area contributed by atoms with Crippen LogP contribution in [0.15, 0.2) is 0 Å². The summed E-state index contributed by atoms with van der Waals surface area (Å²) in [4.78, 5) is 2.11. The van der Waals surface area contributed by atoms with Gasteiger partial charge < -0.3 is 4.74 Å². The molecule has 0 aliphatic carbocycles. The fourth-order valence-electron chi connectivity index (χ4n) is 1.29. The monoisotopic (exact) mass is 157 g/mol. The van der Waals surface area contributed by atoms with Crippen molar-refractivity contribution >= 4 is 6.02 Å². The van der Waals surface area contributed by atoms with Crippen LogP contribution in [-0.2, 0) is 4.74 Å². The molecule has 3 nitrogen and oxygen atoms in total. The highest BCUT2D eigenvalue weighted by atomic mass is 16.5. The number of likely N-dealkylation sites (N-methyl/N-ethyl adjacent to an activating group) is 1. The van der Waals surface area contributed by atoms with Gasteiger partial charge in [0.15, 0.2) is 0 Å². The Morgan fingerprint density at radius 1 is 1.73 bits per heavy atom. The van der Waals surface area contributed by atoms with Gasteiger partial charge in [0, 0.05) is 0 Å². The molecular weight excluding hydrogens is 140 g/mol. The second-order valence-corrected chi connectivity index (χ2v) is 3.11. The van der Waals surface area contributed by atoms with Crippen LogP contribution in [0.3, 0.4) is 0 Å². The van der Waals surface area contributed by atoms with Crippen molar-refractivity contribution < 1.29 is 9.31 Å². The highest BCUT2D eigenvalue weighted by Crippen LogP contribution is 2.04. The summed E-state index contributed by atoms with van der Waals surface area (Å²) in [5.41, 5.74) is 0. The van der Waals surface area contributed by atoms with Crippen LogP contribution in [0.2, 0.25) is 0 Å². The SMILES string of the molecule is CCN(C)C1=[N+](C)CC(C)O1. The summed E-state index contributed by atoms with van der Waals surface area (Å²) in [5.74, 6) is 0. The molecule has 3 heteroatoms. The normalized spacial score (nSPS) is 23.8. The second-order valence-electron chi connectivity index (χ2n) is 3.11. The van der Waals surface area contributed by atoms with Crippen molar-refractivity contribution in [3.05, 3.63) is 0 Å². The van der Waals surface area contributed by atoms with Crippen molar-refractivity contribution in [1.82, 2.24) is 4.90 Å². The van der Waals surface area contributed by atoms with Gasteiger partial charge in [0.25, 0.3) is 0 Å². The fraction of sp³-hybridized carbons (Fsp3) is 0.875. The molecule has 0 aromatic carbocycles. The molecule has 1 heterocycles. The first-order chi connectivity index (χ1) is 5.15. The molecular formula is C8H17N2O+. The number of rotatable bonds is 1. The third kappa shape index (κ3) is 1.64. The Morgan fingerprint density at radius 2 is 2.36 bits per heavy atom. The summed E-state index contributed by atoms with van der Waals surface area (Å²) in [5, 5.41) is 0. The highest BCUT2D eigenvalue weighted by Gasteiger charge is 2.28. The molecule has 1 rings (SSSR count). The molecule has 0 amide bonds. The molecule has 1 aliphatic heterocycles. The van der Waals surface area contributed by atoms with Gasteiger partial charge >= 0.3 is 6.02 Å². The van der Waals surface area contributed by atoms with Crippen LogP contribution < -0.4 is 0 Å². The van der Waals surface area contributed by atoms with E-state index < -0.39 is 0 Å². The first-order valence-electron chi connectivity index (χ1n) is 4.11. The molecule has 0 radical (unpaired) electrons. The van der Waals surface area contributed by atoms with E-state index in [1.165, 1.54) is 0 Å². The predicted octanol–water partition coefficient (Wildman–Crippen LogP) is 0.355. The van der Waals surface area contributed by atoms with E-state index in [4.69, 9.17) is 4.74 Å². The van der Waals surface area contributed by atoms with Crippen LogP contribution in [0.4, 0.5) is 0 Å². The molecule has 11 heavy (non-hydrogen) atoms. The lowest BCUT2D eigenvalue weighted by Crippen LogP contribution is -2.31. The predicted molar refractivity (Wildman–Crippen MR) is 44.9 cm³/mol. The van der Waals surface area contributed by atoms with Crippen LogP contribution in [0.25, 0.3) is 0 Å². The van der Waals surface area contributed by atoms with Crippen molar-refractivity contribution in [2.45, 2.75) is 20.0 Å². The maximum absolute atomic E-state index is 5.59. The van der Waals surface area contributed by atoms with Crippen LogP contribution in [0, 0.1) is 0 Å². The van der Waals surface area contributed by atoms with Gasteiger partial charge in [0.2, 0.25) is 0 Å². The van der Waals surface area contributed by atoms with E-state index in [9.17, 15) is 0 Å². The molecule has 64 valence electrons. The molecule has 0 saturated heterocycles. The van der Waals surface area contributed by atoms with E-state index in [-0.39, 0.29) is 0 Å². The molecule has 1 aliphatic rings. The molecule has 1 unspecified atom stereocenters.